The van der Waals surface area contributed by atoms with Crippen LogP contribution in [0.15, 0.2) is 0 Å². The standard InChI is InChI=1S/C19H32N4O3/c1-22(16(24)9-8-15-17(25)21-18(26)20-15)14-19(10-4-2-5-11-19)23-12-6-3-7-13-23/h15H,2-14H2,1H3,(H2,20,21,25,26)/t15-/m0/s1. The van der Waals surface area contributed by atoms with E-state index in [1.165, 1.54) is 51.4 Å². The van der Waals surface area contributed by atoms with Crippen LogP contribution in [0.1, 0.15) is 64.2 Å². The summed E-state index contributed by atoms with van der Waals surface area (Å²) in [5.74, 6) is -0.275. The van der Waals surface area contributed by atoms with E-state index in [-0.39, 0.29) is 23.8 Å². The van der Waals surface area contributed by atoms with Crippen LogP contribution in [0.5, 0.6) is 0 Å². The highest BCUT2D eigenvalue weighted by Gasteiger charge is 2.40. The molecule has 0 bridgehead atoms. The molecule has 7 nitrogen and oxygen atoms in total. The Kier molecular flexibility index (Phi) is 6.16. The fraction of sp³-hybridized carbons (Fsp3) is 0.842. The van der Waals surface area contributed by atoms with E-state index < -0.39 is 12.1 Å². The smallest absolute Gasteiger partial charge is 0.322 e. The van der Waals surface area contributed by atoms with Crippen molar-refractivity contribution in [3.8, 4) is 0 Å². The van der Waals surface area contributed by atoms with Crippen LogP contribution in [0.2, 0.25) is 0 Å². The largest absolute Gasteiger partial charge is 0.344 e. The number of nitrogens with zero attached hydrogens (tertiary/aromatic N) is 2. The quantitative estimate of drug-likeness (QED) is 0.702. The van der Waals surface area contributed by atoms with Crippen molar-refractivity contribution in [1.82, 2.24) is 20.4 Å². The lowest BCUT2D eigenvalue weighted by Crippen LogP contribution is -2.58. The van der Waals surface area contributed by atoms with E-state index in [0.29, 0.717) is 6.42 Å². The number of imide groups is 1. The highest BCUT2D eigenvalue weighted by molar-refractivity contribution is 6.04. The lowest BCUT2D eigenvalue weighted by atomic mass is 9.78. The zero-order valence-corrected chi connectivity index (χ0v) is 15.9. The molecule has 1 saturated carbocycles. The molecule has 0 spiro atoms. The summed E-state index contributed by atoms with van der Waals surface area (Å²) < 4.78 is 0. The van der Waals surface area contributed by atoms with Gasteiger partial charge < -0.3 is 10.2 Å². The Bertz CT molecular complexity index is 539. The highest BCUT2D eigenvalue weighted by Crippen LogP contribution is 2.36. The van der Waals surface area contributed by atoms with Crippen LogP contribution in [-0.4, -0.2) is 65.9 Å². The second-order valence-corrected chi connectivity index (χ2v) is 8.14. The molecule has 2 saturated heterocycles. The van der Waals surface area contributed by atoms with Crippen LogP contribution in [0.4, 0.5) is 4.79 Å². The van der Waals surface area contributed by atoms with Crippen molar-refractivity contribution in [2.24, 2.45) is 0 Å². The zero-order valence-electron chi connectivity index (χ0n) is 15.9. The molecular weight excluding hydrogens is 332 g/mol. The van der Waals surface area contributed by atoms with Crippen molar-refractivity contribution < 1.29 is 14.4 Å². The average Bonchev–Trinajstić information content (AvgIpc) is 2.98. The lowest BCUT2D eigenvalue weighted by molar-refractivity contribution is -0.133. The van der Waals surface area contributed by atoms with Gasteiger partial charge in [-0.25, -0.2) is 4.79 Å². The number of piperidine rings is 1. The highest BCUT2D eigenvalue weighted by atomic mass is 16.2. The van der Waals surface area contributed by atoms with Gasteiger partial charge in [0.15, 0.2) is 0 Å². The van der Waals surface area contributed by atoms with E-state index in [0.717, 1.165) is 19.6 Å². The van der Waals surface area contributed by atoms with Gasteiger partial charge in [0.05, 0.1) is 0 Å². The van der Waals surface area contributed by atoms with Gasteiger partial charge in [-0.2, -0.15) is 0 Å². The van der Waals surface area contributed by atoms with Gasteiger partial charge in [-0.3, -0.25) is 19.8 Å². The molecule has 1 atom stereocenters. The topological polar surface area (TPSA) is 81.8 Å². The molecule has 0 unspecified atom stereocenters. The first-order chi connectivity index (χ1) is 12.5. The second kappa shape index (κ2) is 8.37. The lowest BCUT2D eigenvalue weighted by Gasteiger charge is -2.50. The van der Waals surface area contributed by atoms with Crippen LogP contribution >= 0.6 is 0 Å². The predicted molar refractivity (Wildman–Crippen MR) is 98.6 cm³/mol. The Labute approximate surface area is 155 Å². The van der Waals surface area contributed by atoms with Crippen molar-refractivity contribution in [2.45, 2.75) is 75.8 Å². The third kappa shape index (κ3) is 4.37. The monoisotopic (exact) mass is 364 g/mol. The Morgan fingerprint density at radius 3 is 2.38 bits per heavy atom. The summed E-state index contributed by atoms with van der Waals surface area (Å²) in [5, 5.41) is 4.77. The van der Waals surface area contributed by atoms with Crippen LogP contribution in [0.25, 0.3) is 0 Å². The maximum absolute atomic E-state index is 12.6. The molecule has 26 heavy (non-hydrogen) atoms. The molecule has 0 aromatic rings. The van der Waals surface area contributed by atoms with E-state index in [1.807, 2.05) is 11.9 Å². The summed E-state index contributed by atoms with van der Waals surface area (Å²) in [6.07, 6.45) is 10.6. The Morgan fingerprint density at radius 2 is 1.77 bits per heavy atom. The molecule has 0 radical (unpaired) electrons. The van der Waals surface area contributed by atoms with Crippen molar-refractivity contribution in [2.75, 3.05) is 26.7 Å². The van der Waals surface area contributed by atoms with E-state index in [1.54, 1.807) is 0 Å². The van der Waals surface area contributed by atoms with Crippen molar-refractivity contribution >= 4 is 17.8 Å². The summed E-state index contributed by atoms with van der Waals surface area (Å²) in [6.45, 7) is 3.07. The fourth-order valence-corrected chi connectivity index (χ4v) is 4.80. The molecule has 3 rings (SSSR count). The maximum Gasteiger partial charge on any atom is 0.322 e. The molecule has 3 fully saturated rings. The normalized spacial score (nSPS) is 26.3. The molecule has 0 aromatic heterocycles. The van der Waals surface area contributed by atoms with Gasteiger partial charge in [-0.1, -0.05) is 25.7 Å². The number of hydrogen-bond donors (Lipinski definition) is 2. The Balaban J connectivity index is 1.56. The average molecular weight is 364 g/mol. The maximum atomic E-state index is 12.6. The minimum absolute atomic E-state index is 0.0564. The molecular formula is C19H32N4O3. The predicted octanol–water partition coefficient (Wildman–Crippen LogP) is 1.62. The third-order valence-electron chi connectivity index (χ3n) is 6.27. The SMILES string of the molecule is CN(CC1(N2CCCCC2)CCCCC1)C(=O)CC[C@@H]1NC(=O)NC1=O. The van der Waals surface area contributed by atoms with E-state index in [4.69, 9.17) is 0 Å². The second-order valence-electron chi connectivity index (χ2n) is 8.14. The summed E-state index contributed by atoms with van der Waals surface area (Å²) in [5.41, 5.74) is 0.127. The molecule has 7 heteroatoms. The van der Waals surface area contributed by atoms with E-state index in [2.05, 4.69) is 15.5 Å². The molecule has 2 aliphatic heterocycles. The van der Waals surface area contributed by atoms with Crippen LogP contribution in [-0.2, 0) is 9.59 Å². The summed E-state index contributed by atoms with van der Waals surface area (Å²) in [7, 11) is 1.88. The van der Waals surface area contributed by atoms with Crippen molar-refractivity contribution in [1.29, 1.82) is 0 Å². The van der Waals surface area contributed by atoms with Crippen molar-refractivity contribution in [3.05, 3.63) is 0 Å². The van der Waals surface area contributed by atoms with Crippen LogP contribution in [0, 0.1) is 0 Å². The number of likely N-dealkylation sites (tertiary alicyclic amines) is 1. The Hall–Kier alpha value is -1.63. The number of hydrogen-bond acceptors (Lipinski definition) is 4. The van der Waals surface area contributed by atoms with Gasteiger partial charge in [-0.15, -0.1) is 0 Å². The van der Waals surface area contributed by atoms with Gasteiger partial charge in [0.2, 0.25) is 5.91 Å². The number of carbonyl (C=O) groups is 3. The third-order valence-corrected chi connectivity index (χ3v) is 6.27. The first kappa shape index (κ1) is 19.1. The van der Waals surface area contributed by atoms with Crippen LogP contribution in [0.3, 0.4) is 0 Å². The van der Waals surface area contributed by atoms with E-state index >= 15 is 0 Å². The molecule has 2 N–H and O–H groups in total. The van der Waals surface area contributed by atoms with Crippen molar-refractivity contribution in [3.63, 3.8) is 0 Å². The number of carbonyl (C=O) groups excluding carboxylic acids is 3. The Morgan fingerprint density at radius 1 is 1.12 bits per heavy atom. The van der Waals surface area contributed by atoms with Gasteiger partial charge in [-0.05, 0) is 45.2 Å². The molecule has 0 aromatic carbocycles. The van der Waals surface area contributed by atoms with Crippen LogP contribution < -0.4 is 10.6 Å². The first-order valence-corrected chi connectivity index (χ1v) is 10.1. The molecule has 3 aliphatic rings. The first-order valence-electron chi connectivity index (χ1n) is 10.1. The molecule has 146 valence electrons. The fourth-order valence-electron chi connectivity index (χ4n) is 4.80. The molecule has 1 aliphatic carbocycles. The van der Waals surface area contributed by atoms with Gasteiger partial charge in [0, 0.05) is 25.6 Å². The summed E-state index contributed by atoms with van der Waals surface area (Å²) in [4.78, 5) is 39.9. The number of amides is 4. The number of likely N-dealkylation sites (N-methyl/N-ethyl adjacent to an activating group) is 1. The minimum atomic E-state index is -0.578. The molecule has 4 amide bonds. The molecule has 2 heterocycles. The zero-order chi connectivity index (χ0) is 18.6. The van der Waals surface area contributed by atoms with Gasteiger partial charge in [0.25, 0.3) is 5.91 Å². The number of nitrogens with one attached hydrogen (secondary N) is 2. The number of rotatable bonds is 6. The summed E-state index contributed by atoms with van der Waals surface area (Å²) in [6, 6.07) is -1.04. The van der Waals surface area contributed by atoms with Gasteiger partial charge >= 0.3 is 6.03 Å². The van der Waals surface area contributed by atoms with Gasteiger partial charge in [0.1, 0.15) is 6.04 Å². The summed E-state index contributed by atoms with van der Waals surface area (Å²) >= 11 is 0. The van der Waals surface area contributed by atoms with E-state index in [9.17, 15) is 14.4 Å². The minimum Gasteiger partial charge on any atom is -0.344 e. The number of urea groups is 1.